The topological polar surface area (TPSA) is 35.6 Å². The van der Waals surface area contributed by atoms with Crippen LogP contribution in [0.15, 0.2) is 24.3 Å². The first-order valence-electron chi connectivity index (χ1n) is 7.50. The average Bonchev–Trinajstić information content (AvgIpc) is 2.40. The van der Waals surface area contributed by atoms with Gasteiger partial charge in [0.15, 0.2) is 0 Å². The highest BCUT2D eigenvalue weighted by atomic mass is 35.5. The predicted octanol–water partition coefficient (Wildman–Crippen LogP) is 1.28. The summed E-state index contributed by atoms with van der Waals surface area (Å²) in [5.41, 5.74) is 2.75. The Bertz CT molecular complexity index is 482. The number of benzene rings is 1. The molecule has 2 saturated heterocycles. The Hall–Kier alpha value is -1.10. The van der Waals surface area contributed by atoms with Gasteiger partial charge in [-0.15, -0.1) is 12.4 Å². The molecule has 0 radical (unpaired) electrons. The normalized spacial score (nSPS) is 19.8. The zero-order chi connectivity index (χ0) is 13.9. The molecule has 5 heteroatoms. The van der Waals surface area contributed by atoms with Crippen molar-refractivity contribution in [2.45, 2.75) is 13.5 Å². The van der Waals surface area contributed by atoms with Crippen molar-refractivity contribution in [2.75, 3.05) is 39.3 Å². The van der Waals surface area contributed by atoms with Crippen molar-refractivity contribution in [3.8, 4) is 0 Å². The first kappa shape index (κ1) is 16.3. The van der Waals surface area contributed by atoms with Crippen LogP contribution in [0.25, 0.3) is 0 Å². The lowest BCUT2D eigenvalue weighted by molar-refractivity contribution is -0.138. The Balaban J connectivity index is 0.00000161. The zero-order valence-corrected chi connectivity index (χ0v) is 13.4. The van der Waals surface area contributed by atoms with E-state index in [2.05, 4.69) is 41.4 Å². The molecule has 2 fully saturated rings. The number of amides is 1. The molecule has 0 spiro atoms. The summed E-state index contributed by atoms with van der Waals surface area (Å²) in [5.74, 6) is 0.581. The fourth-order valence-electron chi connectivity index (χ4n) is 2.88. The summed E-state index contributed by atoms with van der Waals surface area (Å²) in [7, 11) is 0. The smallest absolute Gasteiger partial charge is 0.228 e. The molecule has 2 aliphatic rings. The van der Waals surface area contributed by atoms with Crippen molar-refractivity contribution < 1.29 is 4.79 Å². The molecule has 4 nitrogen and oxygen atoms in total. The van der Waals surface area contributed by atoms with Crippen molar-refractivity contribution in [3.63, 3.8) is 0 Å². The number of halogens is 1. The van der Waals surface area contributed by atoms with E-state index in [9.17, 15) is 4.79 Å². The number of aryl methyl sites for hydroxylation is 1. The van der Waals surface area contributed by atoms with Gasteiger partial charge in [-0.25, -0.2) is 0 Å². The maximum Gasteiger partial charge on any atom is 0.228 e. The lowest BCUT2D eigenvalue weighted by Gasteiger charge is -2.38. The molecular formula is C16H24ClN3O. The third-order valence-corrected chi connectivity index (χ3v) is 4.47. The summed E-state index contributed by atoms with van der Waals surface area (Å²) in [4.78, 5) is 16.7. The predicted molar refractivity (Wildman–Crippen MR) is 86.6 cm³/mol. The summed E-state index contributed by atoms with van der Waals surface area (Å²) in [6.45, 7) is 8.62. The van der Waals surface area contributed by atoms with Gasteiger partial charge in [0.05, 0.1) is 5.92 Å². The van der Waals surface area contributed by atoms with Crippen LogP contribution in [0, 0.1) is 12.8 Å². The molecule has 1 amide bonds. The summed E-state index contributed by atoms with van der Waals surface area (Å²) in [6.07, 6.45) is 0. The molecule has 0 bridgehead atoms. The van der Waals surface area contributed by atoms with Gasteiger partial charge in [0.25, 0.3) is 0 Å². The minimum absolute atomic E-state index is 0. The number of hydrogen-bond donors (Lipinski definition) is 1. The van der Waals surface area contributed by atoms with Crippen LogP contribution in [-0.4, -0.2) is 55.0 Å². The van der Waals surface area contributed by atoms with E-state index in [1.54, 1.807) is 0 Å². The lowest BCUT2D eigenvalue weighted by Crippen LogP contribution is -2.56. The molecule has 1 aromatic carbocycles. The standard InChI is InChI=1S/C16H23N3O.ClH/c1-13-4-2-3-5-14(13)12-18-6-8-19(9-7-18)16(20)15-10-17-11-15;/h2-5,15,17H,6-12H2,1H3;1H. The molecule has 0 atom stereocenters. The lowest BCUT2D eigenvalue weighted by atomic mass is 10.0. The molecular weight excluding hydrogens is 286 g/mol. The van der Waals surface area contributed by atoms with Crippen LogP contribution < -0.4 is 5.32 Å². The van der Waals surface area contributed by atoms with Gasteiger partial charge in [-0.3, -0.25) is 9.69 Å². The minimum atomic E-state index is 0. The van der Waals surface area contributed by atoms with E-state index in [0.717, 1.165) is 45.8 Å². The van der Waals surface area contributed by atoms with Crippen molar-refractivity contribution in [1.29, 1.82) is 0 Å². The fourth-order valence-corrected chi connectivity index (χ4v) is 2.88. The third-order valence-electron chi connectivity index (χ3n) is 4.47. The Morgan fingerprint density at radius 3 is 2.43 bits per heavy atom. The minimum Gasteiger partial charge on any atom is -0.340 e. The second-order valence-electron chi connectivity index (χ2n) is 5.88. The first-order valence-corrected chi connectivity index (χ1v) is 7.50. The van der Waals surface area contributed by atoms with Gasteiger partial charge in [0, 0.05) is 45.8 Å². The zero-order valence-electron chi connectivity index (χ0n) is 12.5. The fraction of sp³-hybridized carbons (Fsp3) is 0.562. The third kappa shape index (κ3) is 3.76. The van der Waals surface area contributed by atoms with Gasteiger partial charge in [-0.05, 0) is 18.1 Å². The average molecular weight is 310 g/mol. The number of hydrogen-bond acceptors (Lipinski definition) is 3. The maximum absolute atomic E-state index is 12.2. The van der Waals surface area contributed by atoms with E-state index in [4.69, 9.17) is 0 Å². The number of piperazine rings is 1. The number of nitrogens with one attached hydrogen (secondary N) is 1. The molecule has 2 heterocycles. The molecule has 0 unspecified atom stereocenters. The van der Waals surface area contributed by atoms with Crippen LogP contribution in [0.1, 0.15) is 11.1 Å². The summed E-state index contributed by atoms with van der Waals surface area (Å²) in [5, 5.41) is 3.17. The van der Waals surface area contributed by atoms with Crippen LogP contribution >= 0.6 is 12.4 Å². The molecule has 3 rings (SSSR count). The number of carbonyl (C=O) groups is 1. The van der Waals surface area contributed by atoms with Crippen LogP contribution in [0.4, 0.5) is 0 Å². The Morgan fingerprint density at radius 2 is 1.86 bits per heavy atom. The van der Waals surface area contributed by atoms with Gasteiger partial charge in [0.2, 0.25) is 5.91 Å². The van der Waals surface area contributed by atoms with Gasteiger partial charge in [-0.1, -0.05) is 24.3 Å². The molecule has 0 saturated carbocycles. The van der Waals surface area contributed by atoms with Gasteiger partial charge >= 0.3 is 0 Å². The molecule has 2 aliphatic heterocycles. The number of carbonyl (C=O) groups excluding carboxylic acids is 1. The molecule has 0 aliphatic carbocycles. The van der Waals surface area contributed by atoms with E-state index >= 15 is 0 Å². The highest BCUT2D eigenvalue weighted by Crippen LogP contribution is 2.14. The summed E-state index contributed by atoms with van der Waals surface area (Å²) < 4.78 is 0. The summed E-state index contributed by atoms with van der Waals surface area (Å²) in [6, 6.07) is 8.55. The largest absolute Gasteiger partial charge is 0.340 e. The molecule has 1 N–H and O–H groups in total. The Labute approximate surface area is 132 Å². The Morgan fingerprint density at radius 1 is 1.19 bits per heavy atom. The van der Waals surface area contributed by atoms with E-state index in [0.29, 0.717) is 5.91 Å². The number of nitrogens with zero attached hydrogens (tertiary/aromatic N) is 2. The van der Waals surface area contributed by atoms with Crippen LogP contribution in [0.5, 0.6) is 0 Å². The second kappa shape index (κ2) is 7.25. The summed E-state index contributed by atoms with van der Waals surface area (Å²) >= 11 is 0. The van der Waals surface area contributed by atoms with Gasteiger partial charge < -0.3 is 10.2 Å². The van der Waals surface area contributed by atoms with Crippen LogP contribution in [0.2, 0.25) is 0 Å². The van der Waals surface area contributed by atoms with E-state index in [1.807, 2.05) is 4.90 Å². The van der Waals surface area contributed by atoms with Crippen molar-refractivity contribution in [1.82, 2.24) is 15.1 Å². The monoisotopic (exact) mass is 309 g/mol. The van der Waals surface area contributed by atoms with Crippen molar-refractivity contribution in [3.05, 3.63) is 35.4 Å². The van der Waals surface area contributed by atoms with E-state index in [1.165, 1.54) is 11.1 Å². The quantitative estimate of drug-likeness (QED) is 0.914. The van der Waals surface area contributed by atoms with Gasteiger partial charge in [0.1, 0.15) is 0 Å². The van der Waals surface area contributed by atoms with Crippen molar-refractivity contribution in [2.24, 2.45) is 5.92 Å². The van der Waals surface area contributed by atoms with Crippen LogP contribution in [0.3, 0.4) is 0 Å². The number of rotatable bonds is 3. The Kier molecular flexibility index (Phi) is 5.62. The molecule has 21 heavy (non-hydrogen) atoms. The first-order chi connectivity index (χ1) is 9.74. The van der Waals surface area contributed by atoms with Crippen molar-refractivity contribution >= 4 is 18.3 Å². The SMILES string of the molecule is Cc1ccccc1CN1CCN(C(=O)C2CNC2)CC1.Cl. The highest BCUT2D eigenvalue weighted by Gasteiger charge is 2.30. The molecule has 0 aromatic heterocycles. The maximum atomic E-state index is 12.2. The van der Waals surface area contributed by atoms with Gasteiger partial charge in [-0.2, -0.15) is 0 Å². The molecule has 116 valence electrons. The molecule has 1 aromatic rings. The van der Waals surface area contributed by atoms with E-state index in [-0.39, 0.29) is 18.3 Å². The highest BCUT2D eigenvalue weighted by molar-refractivity contribution is 5.85. The van der Waals surface area contributed by atoms with Crippen LogP contribution in [-0.2, 0) is 11.3 Å². The second-order valence-corrected chi connectivity index (χ2v) is 5.88. The van der Waals surface area contributed by atoms with E-state index < -0.39 is 0 Å².